The van der Waals surface area contributed by atoms with Crippen LogP contribution in [0, 0.1) is 0 Å². The highest BCUT2D eigenvalue weighted by Crippen LogP contribution is 2.24. The van der Waals surface area contributed by atoms with Crippen LogP contribution in [0.4, 0.5) is 0 Å². The van der Waals surface area contributed by atoms with E-state index in [4.69, 9.17) is 9.84 Å². The molecule has 2 rings (SSSR count). The summed E-state index contributed by atoms with van der Waals surface area (Å²) in [5, 5.41) is 8.88. The third kappa shape index (κ3) is 11.1. The van der Waals surface area contributed by atoms with Crippen LogP contribution in [0.1, 0.15) is 77.3 Å². The molecule has 0 aliphatic heterocycles. The molecule has 0 amide bonds. The van der Waals surface area contributed by atoms with E-state index in [1.165, 1.54) is 19.3 Å². The molecule has 0 unspecified atom stereocenters. The number of hydrogen-bond donors (Lipinski definition) is 1. The molecule has 1 aromatic rings. The van der Waals surface area contributed by atoms with E-state index in [-0.39, 0.29) is 12.4 Å². The van der Waals surface area contributed by atoms with Crippen molar-refractivity contribution in [2.24, 2.45) is 0 Å². The van der Waals surface area contributed by atoms with Crippen molar-refractivity contribution >= 4 is 18.2 Å². The van der Waals surface area contributed by atoms with Gasteiger partial charge >= 0.3 is 11.9 Å². The molecule has 1 aliphatic rings. The Morgan fingerprint density at radius 1 is 1.10 bits per heavy atom. The Bertz CT molecular complexity index is 657. The summed E-state index contributed by atoms with van der Waals surface area (Å²) in [4.78, 5) is 34.6. The van der Waals surface area contributed by atoms with Crippen LogP contribution in [-0.4, -0.2) is 46.4 Å². The first-order chi connectivity index (χ1) is 14.1. The molecule has 0 radical (unpaired) electrons. The lowest BCUT2D eigenvalue weighted by Gasteiger charge is -2.34. The van der Waals surface area contributed by atoms with Gasteiger partial charge in [0.15, 0.2) is 0 Å². The number of carboxylic acid groups (broad SMARTS) is 1. The summed E-state index contributed by atoms with van der Waals surface area (Å²) in [5.41, 5.74) is 1.40. The van der Waals surface area contributed by atoms with Crippen molar-refractivity contribution in [3.8, 4) is 0 Å². The van der Waals surface area contributed by atoms with E-state index in [1.807, 2.05) is 52.0 Å². The molecular weight excluding hydrogens is 382 g/mol. The Labute approximate surface area is 180 Å². The van der Waals surface area contributed by atoms with Crippen molar-refractivity contribution in [3.05, 3.63) is 35.4 Å². The molecule has 0 bridgehead atoms. The number of rotatable bonds is 8. The Kier molecular flexibility index (Phi) is 11.3. The van der Waals surface area contributed by atoms with Gasteiger partial charge < -0.3 is 14.6 Å². The Hall–Kier alpha value is -2.21. The van der Waals surface area contributed by atoms with Crippen molar-refractivity contribution in [2.45, 2.75) is 90.8 Å². The maximum Gasteiger partial charge on any atom is 0.320 e. The average Bonchev–Trinajstić information content (AvgIpc) is 2.68. The Morgan fingerprint density at radius 2 is 1.63 bits per heavy atom. The molecule has 6 nitrogen and oxygen atoms in total. The van der Waals surface area contributed by atoms with Gasteiger partial charge in [0.25, 0.3) is 0 Å². The molecule has 0 heterocycles. The van der Waals surface area contributed by atoms with E-state index in [0.29, 0.717) is 25.6 Å². The number of hydrogen-bond acceptors (Lipinski definition) is 5. The number of esters is 1. The van der Waals surface area contributed by atoms with Crippen LogP contribution in [0.5, 0.6) is 0 Å². The summed E-state index contributed by atoms with van der Waals surface area (Å²) in [6.45, 7) is 8.44. The number of carbonyl (C=O) groups excluding carboxylic acids is 2. The maximum absolute atomic E-state index is 12.3. The van der Waals surface area contributed by atoms with Crippen molar-refractivity contribution in [3.63, 3.8) is 0 Å². The standard InChI is InChI=1S/C21H31NO4.C3H6O/c1-21(2,3)26-20(25)15-22(18-7-5-4-6-8-18)14-17-11-9-16(10-12-17)13-19(23)24;1-2-3-4/h9-12,18H,4-8,13-15H2,1-3H3,(H,23,24);3H,2H2,1H3. The van der Waals surface area contributed by atoms with Crippen LogP contribution in [0.15, 0.2) is 24.3 Å². The maximum atomic E-state index is 12.3. The number of ether oxygens (including phenoxy) is 1. The van der Waals surface area contributed by atoms with Gasteiger partial charge in [-0.25, -0.2) is 0 Å². The van der Waals surface area contributed by atoms with Crippen molar-refractivity contribution in [2.75, 3.05) is 6.54 Å². The molecule has 168 valence electrons. The third-order valence-electron chi connectivity index (χ3n) is 4.77. The van der Waals surface area contributed by atoms with Gasteiger partial charge in [-0.2, -0.15) is 0 Å². The van der Waals surface area contributed by atoms with E-state index < -0.39 is 11.6 Å². The highest BCUT2D eigenvalue weighted by atomic mass is 16.6. The van der Waals surface area contributed by atoms with Crippen LogP contribution in [0.25, 0.3) is 0 Å². The molecule has 0 aromatic heterocycles. The fraction of sp³-hybridized carbons (Fsp3) is 0.625. The van der Waals surface area contributed by atoms with Crippen LogP contribution >= 0.6 is 0 Å². The minimum absolute atomic E-state index is 0.0323. The van der Waals surface area contributed by atoms with Gasteiger partial charge in [0.1, 0.15) is 11.9 Å². The molecule has 1 aliphatic carbocycles. The highest BCUT2D eigenvalue weighted by molar-refractivity contribution is 5.72. The first-order valence-corrected chi connectivity index (χ1v) is 10.8. The van der Waals surface area contributed by atoms with Gasteiger partial charge in [-0.3, -0.25) is 14.5 Å². The summed E-state index contributed by atoms with van der Waals surface area (Å²) >= 11 is 0. The number of benzene rings is 1. The van der Waals surface area contributed by atoms with Crippen molar-refractivity contribution < 1.29 is 24.2 Å². The summed E-state index contributed by atoms with van der Waals surface area (Å²) in [7, 11) is 0. The quantitative estimate of drug-likeness (QED) is 0.497. The van der Waals surface area contributed by atoms with E-state index in [1.54, 1.807) is 0 Å². The zero-order valence-corrected chi connectivity index (χ0v) is 18.9. The first-order valence-electron chi connectivity index (χ1n) is 10.8. The van der Waals surface area contributed by atoms with Crippen LogP contribution in [-0.2, 0) is 32.1 Å². The van der Waals surface area contributed by atoms with Crippen molar-refractivity contribution in [1.29, 1.82) is 0 Å². The first kappa shape index (κ1) is 25.8. The van der Waals surface area contributed by atoms with Gasteiger partial charge in [-0.1, -0.05) is 50.5 Å². The van der Waals surface area contributed by atoms with Crippen molar-refractivity contribution in [1.82, 2.24) is 4.90 Å². The smallest absolute Gasteiger partial charge is 0.320 e. The van der Waals surface area contributed by atoms with E-state index in [9.17, 15) is 14.4 Å². The fourth-order valence-electron chi connectivity index (χ4n) is 3.47. The summed E-state index contributed by atoms with van der Waals surface area (Å²) < 4.78 is 5.51. The second-order valence-electron chi connectivity index (χ2n) is 8.75. The topological polar surface area (TPSA) is 83.9 Å². The third-order valence-corrected chi connectivity index (χ3v) is 4.77. The lowest BCUT2D eigenvalue weighted by atomic mass is 9.93. The van der Waals surface area contributed by atoms with Gasteiger partial charge in [0.2, 0.25) is 0 Å². The zero-order chi connectivity index (χ0) is 22.6. The monoisotopic (exact) mass is 419 g/mol. The highest BCUT2D eigenvalue weighted by Gasteiger charge is 2.25. The van der Waals surface area contributed by atoms with Gasteiger partial charge in [-0.05, 0) is 44.7 Å². The Morgan fingerprint density at radius 3 is 2.10 bits per heavy atom. The zero-order valence-electron chi connectivity index (χ0n) is 18.9. The summed E-state index contributed by atoms with van der Waals surface area (Å²) in [6, 6.07) is 8.04. The number of nitrogens with zero attached hydrogens (tertiary/aromatic N) is 1. The lowest BCUT2D eigenvalue weighted by molar-refractivity contribution is -0.157. The van der Waals surface area contributed by atoms with Crippen LogP contribution < -0.4 is 0 Å². The minimum atomic E-state index is -0.827. The molecule has 6 heteroatoms. The van der Waals surface area contributed by atoms with Crippen LogP contribution in [0.3, 0.4) is 0 Å². The molecule has 1 N–H and O–H groups in total. The van der Waals surface area contributed by atoms with Crippen LogP contribution in [0.2, 0.25) is 0 Å². The van der Waals surface area contributed by atoms with Gasteiger partial charge in [-0.15, -0.1) is 0 Å². The molecule has 1 fully saturated rings. The van der Waals surface area contributed by atoms with Gasteiger partial charge in [0.05, 0.1) is 13.0 Å². The predicted octanol–water partition coefficient (Wildman–Crippen LogP) is 4.39. The lowest BCUT2D eigenvalue weighted by Crippen LogP contribution is -2.41. The second kappa shape index (κ2) is 13.2. The second-order valence-corrected chi connectivity index (χ2v) is 8.75. The van der Waals surface area contributed by atoms with E-state index >= 15 is 0 Å². The molecule has 0 saturated heterocycles. The molecule has 0 spiro atoms. The number of aliphatic carboxylic acids is 1. The minimum Gasteiger partial charge on any atom is -0.481 e. The molecule has 30 heavy (non-hydrogen) atoms. The van der Waals surface area contributed by atoms with E-state index in [2.05, 4.69) is 4.90 Å². The SMILES string of the molecule is CC(C)(C)OC(=O)CN(Cc1ccc(CC(=O)O)cc1)C1CCCCC1.CCC=O. The molecular formula is C24H37NO5. The molecule has 1 aromatic carbocycles. The number of carboxylic acids is 1. The fourth-order valence-corrected chi connectivity index (χ4v) is 3.47. The molecule has 0 atom stereocenters. The van der Waals surface area contributed by atoms with E-state index in [0.717, 1.165) is 30.3 Å². The molecule has 1 saturated carbocycles. The number of aldehydes is 1. The average molecular weight is 420 g/mol. The number of carbonyl (C=O) groups is 3. The summed E-state index contributed by atoms with van der Waals surface area (Å²) in [5.74, 6) is -1.02. The van der Waals surface area contributed by atoms with Gasteiger partial charge in [0, 0.05) is 19.0 Å². The Balaban J connectivity index is 0.00000103. The predicted molar refractivity (Wildman–Crippen MR) is 117 cm³/mol. The largest absolute Gasteiger partial charge is 0.481 e. The summed E-state index contributed by atoms with van der Waals surface area (Å²) in [6.07, 6.45) is 7.44. The normalized spacial score (nSPS) is 14.6.